The molecule has 0 radical (unpaired) electrons. The molecule has 8 nitrogen and oxygen atoms in total. The zero-order valence-corrected chi connectivity index (χ0v) is 20.3. The van der Waals surface area contributed by atoms with Crippen molar-refractivity contribution >= 4 is 40.6 Å². The number of nitrogens with one attached hydrogen (secondary N) is 2. The number of hydrogen-bond acceptors (Lipinski definition) is 6. The number of nitrogens with zero attached hydrogens (tertiary/aromatic N) is 1. The van der Waals surface area contributed by atoms with Gasteiger partial charge in [0.1, 0.15) is 5.69 Å². The quantitative estimate of drug-likeness (QED) is 0.119. The van der Waals surface area contributed by atoms with Crippen molar-refractivity contribution in [2.75, 3.05) is 7.11 Å². The number of ether oxygens (including phenoxy) is 2. The van der Waals surface area contributed by atoms with E-state index >= 15 is 0 Å². The van der Waals surface area contributed by atoms with Gasteiger partial charge in [0.2, 0.25) is 5.76 Å². The van der Waals surface area contributed by atoms with E-state index in [0.717, 1.165) is 16.5 Å². The highest BCUT2D eigenvalue weighted by Crippen LogP contribution is 2.35. The molecule has 9 heteroatoms. The molecule has 0 atom stereocenters. The Bertz CT molecular complexity index is 1610. The number of aromatic amines is 1. The van der Waals surface area contributed by atoms with Gasteiger partial charge in [-0.1, -0.05) is 54.1 Å². The van der Waals surface area contributed by atoms with Gasteiger partial charge in [0, 0.05) is 10.9 Å². The highest BCUT2D eigenvalue weighted by molar-refractivity contribution is 6.36. The maximum atomic E-state index is 13.1. The summed E-state index contributed by atoms with van der Waals surface area (Å²) in [6, 6.07) is 23.0. The third-order valence-corrected chi connectivity index (χ3v) is 5.88. The molecule has 0 fully saturated rings. The molecule has 0 bridgehead atoms. The van der Waals surface area contributed by atoms with Crippen LogP contribution in [0, 0.1) is 0 Å². The number of amides is 1. The first-order chi connectivity index (χ1) is 18.0. The Labute approximate surface area is 216 Å². The van der Waals surface area contributed by atoms with Gasteiger partial charge in [-0.25, -0.2) is 10.2 Å². The van der Waals surface area contributed by atoms with Crippen molar-refractivity contribution < 1.29 is 23.5 Å². The van der Waals surface area contributed by atoms with Crippen LogP contribution in [-0.2, 0) is 0 Å². The Morgan fingerprint density at radius 3 is 2.59 bits per heavy atom. The van der Waals surface area contributed by atoms with Crippen LogP contribution in [0.5, 0.6) is 11.5 Å². The predicted molar refractivity (Wildman–Crippen MR) is 140 cm³/mol. The number of halogens is 1. The number of hydrazone groups is 1. The first kappa shape index (κ1) is 23.9. The molecule has 0 aliphatic carbocycles. The van der Waals surface area contributed by atoms with E-state index in [4.69, 9.17) is 25.5 Å². The Morgan fingerprint density at radius 1 is 1.00 bits per heavy atom. The maximum Gasteiger partial charge on any atom is 0.379 e. The first-order valence-electron chi connectivity index (χ1n) is 11.2. The van der Waals surface area contributed by atoms with Gasteiger partial charge >= 0.3 is 5.97 Å². The van der Waals surface area contributed by atoms with Gasteiger partial charge in [-0.05, 0) is 47.5 Å². The summed E-state index contributed by atoms with van der Waals surface area (Å²) in [5, 5.41) is 5.44. The van der Waals surface area contributed by atoms with Crippen molar-refractivity contribution in [2.45, 2.75) is 0 Å². The summed E-state index contributed by atoms with van der Waals surface area (Å²) in [4.78, 5) is 28.4. The minimum absolute atomic E-state index is 0.0727. The lowest BCUT2D eigenvalue weighted by molar-refractivity contribution is 0.0696. The molecule has 0 aliphatic heterocycles. The molecule has 2 heterocycles. The van der Waals surface area contributed by atoms with E-state index < -0.39 is 11.9 Å². The van der Waals surface area contributed by atoms with E-state index in [-0.39, 0.29) is 11.5 Å². The van der Waals surface area contributed by atoms with Gasteiger partial charge < -0.3 is 18.9 Å². The molecule has 5 aromatic rings. The van der Waals surface area contributed by atoms with Crippen LogP contribution >= 0.6 is 11.6 Å². The van der Waals surface area contributed by atoms with Gasteiger partial charge in [-0.2, -0.15) is 5.10 Å². The van der Waals surface area contributed by atoms with Crippen LogP contribution in [0.1, 0.15) is 26.6 Å². The number of furan rings is 1. The summed E-state index contributed by atoms with van der Waals surface area (Å²) < 4.78 is 15.7. The van der Waals surface area contributed by atoms with Gasteiger partial charge in [0.05, 0.1) is 30.1 Å². The van der Waals surface area contributed by atoms with Crippen molar-refractivity contribution in [3.05, 3.63) is 107 Å². The fraction of sp³-hybridized carbons (Fsp3) is 0.0357. The van der Waals surface area contributed by atoms with Crippen molar-refractivity contribution in [3.8, 4) is 22.6 Å². The molecule has 1 amide bonds. The van der Waals surface area contributed by atoms with Gasteiger partial charge in [-0.3, -0.25) is 4.79 Å². The number of esters is 1. The first-order valence-corrected chi connectivity index (χ1v) is 11.6. The molecular formula is C28H20ClN3O5. The SMILES string of the molecule is COc1cc(C=NNC(=O)c2[nH]c3c(Cl)cccc3c2-c2ccccc2)ccc1OC(=O)c1ccco1. The largest absolute Gasteiger partial charge is 0.493 e. The molecule has 0 aliphatic rings. The number of carbonyl (C=O) groups excluding carboxylic acids is 2. The lowest BCUT2D eigenvalue weighted by atomic mass is 10.0. The van der Waals surface area contributed by atoms with Crippen molar-refractivity contribution in [3.63, 3.8) is 0 Å². The van der Waals surface area contributed by atoms with E-state index in [9.17, 15) is 9.59 Å². The fourth-order valence-electron chi connectivity index (χ4n) is 3.87. The van der Waals surface area contributed by atoms with Crippen LogP contribution in [0.25, 0.3) is 22.0 Å². The fourth-order valence-corrected chi connectivity index (χ4v) is 4.09. The summed E-state index contributed by atoms with van der Waals surface area (Å²) >= 11 is 6.38. The second-order valence-electron chi connectivity index (χ2n) is 7.88. The Balaban J connectivity index is 1.37. The van der Waals surface area contributed by atoms with Crippen LogP contribution in [0.4, 0.5) is 0 Å². The average molecular weight is 514 g/mol. The number of rotatable bonds is 7. The number of methoxy groups -OCH3 is 1. The molecule has 3 aromatic carbocycles. The molecular weight excluding hydrogens is 494 g/mol. The molecule has 37 heavy (non-hydrogen) atoms. The Hall–Kier alpha value is -4.82. The van der Waals surface area contributed by atoms with E-state index in [1.807, 2.05) is 42.5 Å². The minimum Gasteiger partial charge on any atom is -0.493 e. The number of carbonyl (C=O) groups is 2. The number of aromatic nitrogens is 1. The zero-order chi connectivity index (χ0) is 25.8. The molecule has 0 saturated heterocycles. The van der Waals surface area contributed by atoms with Crippen LogP contribution < -0.4 is 14.9 Å². The number of benzene rings is 3. The van der Waals surface area contributed by atoms with Crippen molar-refractivity contribution in [2.24, 2.45) is 5.10 Å². The highest BCUT2D eigenvalue weighted by Gasteiger charge is 2.20. The lowest BCUT2D eigenvalue weighted by Crippen LogP contribution is -2.18. The topological polar surface area (TPSA) is 106 Å². The number of hydrogen-bond donors (Lipinski definition) is 2. The van der Waals surface area contributed by atoms with Crippen molar-refractivity contribution in [1.29, 1.82) is 0 Å². The summed E-state index contributed by atoms with van der Waals surface area (Å²) in [5.74, 6) is -0.481. The van der Waals surface area contributed by atoms with Crippen LogP contribution in [0.15, 0.2) is 94.6 Å². The van der Waals surface area contributed by atoms with E-state index in [1.165, 1.54) is 25.7 Å². The summed E-state index contributed by atoms with van der Waals surface area (Å²) in [5.41, 5.74) is 5.77. The highest BCUT2D eigenvalue weighted by atomic mass is 35.5. The summed E-state index contributed by atoms with van der Waals surface area (Å²) in [6.07, 6.45) is 2.84. The maximum absolute atomic E-state index is 13.1. The normalized spacial score (nSPS) is 11.1. The second kappa shape index (κ2) is 10.4. The number of H-pyrrole nitrogens is 1. The molecule has 0 spiro atoms. The van der Waals surface area contributed by atoms with E-state index in [1.54, 1.807) is 30.3 Å². The smallest absolute Gasteiger partial charge is 0.379 e. The van der Waals surface area contributed by atoms with E-state index in [0.29, 0.717) is 27.5 Å². The van der Waals surface area contributed by atoms with Crippen LogP contribution in [0.3, 0.4) is 0 Å². The molecule has 0 unspecified atom stereocenters. The van der Waals surface area contributed by atoms with Crippen LogP contribution in [-0.4, -0.2) is 30.2 Å². The predicted octanol–water partition coefficient (Wildman–Crippen LogP) is 6.07. The van der Waals surface area contributed by atoms with E-state index in [2.05, 4.69) is 15.5 Å². The minimum atomic E-state index is -0.648. The number of para-hydroxylation sites is 1. The third kappa shape index (κ3) is 4.96. The van der Waals surface area contributed by atoms with Gasteiger partial charge in [0.15, 0.2) is 11.5 Å². The molecule has 2 N–H and O–H groups in total. The van der Waals surface area contributed by atoms with Gasteiger partial charge in [-0.15, -0.1) is 0 Å². The summed E-state index contributed by atoms with van der Waals surface area (Å²) in [6.45, 7) is 0. The second-order valence-corrected chi connectivity index (χ2v) is 8.29. The molecule has 184 valence electrons. The van der Waals surface area contributed by atoms with Crippen molar-refractivity contribution in [1.82, 2.24) is 10.4 Å². The Morgan fingerprint density at radius 2 is 1.84 bits per heavy atom. The number of fused-ring (bicyclic) bond motifs is 1. The molecule has 2 aromatic heterocycles. The zero-order valence-electron chi connectivity index (χ0n) is 19.5. The monoisotopic (exact) mass is 513 g/mol. The molecule has 5 rings (SSSR count). The summed E-state index contributed by atoms with van der Waals surface area (Å²) in [7, 11) is 1.45. The van der Waals surface area contributed by atoms with Gasteiger partial charge in [0.25, 0.3) is 5.91 Å². The average Bonchev–Trinajstić information content (AvgIpc) is 3.59. The Kier molecular flexibility index (Phi) is 6.74. The van der Waals surface area contributed by atoms with Crippen LogP contribution in [0.2, 0.25) is 5.02 Å². The standard InChI is InChI=1S/C28H20ClN3O5/c1-35-23-15-17(12-13-21(23)37-28(34)22-11-6-14-36-22)16-30-32-27(33)26-24(18-7-3-2-4-8-18)19-9-5-10-20(29)25(19)31-26/h2-16,31H,1H3,(H,32,33). The lowest BCUT2D eigenvalue weighted by Gasteiger charge is -2.09. The molecule has 0 saturated carbocycles. The third-order valence-electron chi connectivity index (χ3n) is 5.56.